The molecule has 170 valence electrons. The second-order valence-corrected chi connectivity index (χ2v) is 9.21. The first kappa shape index (κ1) is 25.7. The quantitative estimate of drug-likeness (QED) is 0.564. The third-order valence-electron chi connectivity index (χ3n) is 4.90. The summed E-state index contributed by atoms with van der Waals surface area (Å²) in [6, 6.07) is 4.07. The van der Waals surface area contributed by atoms with E-state index < -0.39 is 25.0 Å². The van der Waals surface area contributed by atoms with Crippen LogP contribution in [0, 0.1) is 5.92 Å². The summed E-state index contributed by atoms with van der Waals surface area (Å²) in [6.45, 7) is 7.89. The van der Waals surface area contributed by atoms with Crippen LogP contribution in [0.25, 0.3) is 0 Å². The number of ketones is 1. The number of amides is 1. The predicted molar refractivity (Wildman–Crippen MR) is 121 cm³/mol. The summed E-state index contributed by atoms with van der Waals surface area (Å²) in [5.74, 6) is -1.15. The molecule has 2 rings (SSSR count). The maximum Gasteiger partial charge on any atom is 0.531 e. The molecule has 0 radical (unpaired) electrons. The molecule has 0 aliphatic carbocycles. The van der Waals surface area contributed by atoms with Crippen LogP contribution in [-0.2, 0) is 18.9 Å². The molecule has 31 heavy (non-hydrogen) atoms. The molecule has 1 aromatic carbocycles. The fourth-order valence-corrected chi connectivity index (χ4v) is 3.85. The lowest BCUT2D eigenvalue weighted by Gasteiger charge is -2.30. The summed E-state index contributed by atoms with van der Waals surface area (Å²) in [4.78, 5) is 37.3. The Labute approximate surface area is 193 Å². The lowest BCUT2D eigenvalue weighted by atomic mass is 9.65. The van der Waals surface area contributed by atoms with Gasteiger partial charge in [0, 0.05) is 29.9 Å². The van der Waals surface area contributed by atoms with Gasteiger partial charge in [-0.15, -0.1) is 0 Å². The van der Waals surface area contributed by atoms with Crippen molar-refractivity contribution in [3.8, 4) is 0 Å². The maximum atomic E-state index is 12.6. The zero-order valence-electron chi connectivity index (χ0n) is 18.2. The van der Waals surface area contributed by atoms with Crippen LogP contribution in [0.2, 0.25) is 15.9 Å². The molecule has 0 unspecified atom stereocenters. The number of carbonyl (C=O) groups is 3. The third-order valence-corrected chi connectivity index (χ3v) is 5.46. The zero-order valence-corrected chi connectivity index (χ0v) is 19.8. The first-order valence-electron chi connectivity index (χ1n) is 10.4. The van der Waals surface area contributed by atoms with Gasteiger partial charge in [0.2, 0.25) is 0 Å². The van der Waals surface area contributed by atoms with E-state index in [4.69, 9.17) is 32.5 Å². The minimum Gasteiger partial charge on any atom is -0.508 e. The van der Waals surface area contributed by atoms with Crippen molar-refractivity contribution in [2.75, 3.05) is 13.2 Å². The van der Waals surface area contributed by atoms with Gasteiger partial charge in [-0.2, -0.15) is 0 Å². The van der Waals surface area contributed by atoms with Gasteiger partial charge in [0.25, 0.3) is 5.91 Å². The normalized spacial score (nSPS) is 20.6. The van der Waals surface area contributed by atoms with E-state index in [2.05, 4.69) is 10.6 Å². The Morgan fingerprint density at radius 1 is 1.29 bits per heavy atom. The van der Waals surface area contributed by atoms with Crippen molar-refractivity contribution in [2.24, 2.45) is 5.92 Å². The molecule has 1 fully saturated rings. The van der Waals surface area contributed by atoms with Crippen LogP contribution in [-0.4, -0.2) is 50.0 Å². The van der Waals surface area contributed by atoms with E-state index >= 15 is 0 Å². The van der Waals surface area contributed by atoms with Crippen LogP contribution >= 0.6 is 23.2 Å². The molecule has 7 nitrogen and oxygen atoms in total. The van der Waals surface area contributed by atoms with E-state index in [9.17, 15) is 14.4 Å². The molecule has 1 aliphatic heterocycles. The highest BCUT2D eigenvalue weighted by atomic mass is 35.5. The van der Waals surface area contributed by atoms with Crippen LogP contribution < -0.4 is 10.6 Å². The van der Waals surface area contributed by atoms with Crippen LogP contribution in [0.3, 0.4) is 0 Å². The highest BCUT2D eigenvalue weighted by Crippen LogP contribution is 2.28. The maximum absolute atomic E-state index is 12.6. The molecule has 1 heterocycles. The van der Waals surface area contributed by atoms with E-state index in [1.165, 1.54) is 12.1 Å². The number of hydrogen-bond donors (Lipinski definition) is 2. The van der Waals surface area contributed by atoms with E-state index in [0.717, 1.165) is 0 Å². The molecule has 0 bridgehead atoms. The Morgan fingerprint density at radius 2 is 2.00 bits per heavy atom. The summed E-state index contributed by atoms with van der Waals surface area (Å²) in [5, 5.41) is 6.30. The van der Waals surface area contributed by atoms with Crippen LogP contribution in [0.15, 0.2) is 18.2 Å². The zero-order chi connectivity index (χ0) is 23.1. The lowest BCUT2D eigenvalue weighted by Crippen LogP contribution is -2.50. The Bertz CT molecular complexity index is 808. The second-order valence-electron chi connectivity index (χ2n) is 8.37. The number of hydrogen-bond acceptors (Lipinski definition) is 6. The van der Waals surface area contributed by atoms with E-state index in [-0.39, 0.29) is 47.1 Å². The van der Waals surface area contributed by atoms with E-state index in [1.54, 1.807) is 13.0 Å². The van der Waals surface area contributed by atoms with E-state index in [0.29, 0.717) is 18.1 Å². The van der Waals surface area contributed by atoms with Crippen LogP contribution in [0.5, 0.6) is 0 Å². The van der Waals surface area contributed by atoms with Crippen molar-refractivity contribution in [3.05, 3.63) is 33.8 Å². The van der Waals surface area contributed by atoms with Gasteiger partial charge in [0.15, 0.2) is 5.78 Å². The Balaban J connectivity index is 2.02. The molecule has 3 atom stereocenters. The average molecular weight is 471 g/mol. The second kappa shape index (κ2) is 11.9. The number of nitrogens with one attached hydrogen (secondary N) is 2. The molecule has 2 N–H and O–H groups in total. The summed E-state index contributed by atoms with van der Waals surface area (Å²) in [5.41, 5.74) is 0.202. The van der Waals surface area contributed by atoms with Gasteiger partial charge in [0.05, 0.1) is 17.1 Å². The molecule has 0 spiro atoms. The Morgan fingerprint density at radius 3 is 2.68 bits per heavy atom. The van der Waals surface area contributed by atoms with Crippen molar-refractivity contribution < 1.29 is 23.7 Å². The van der Waals surface area contributed by atoms with Gasteiger partial charge < -0.3 is 14.6 Å². The standard InChI is InChI=1S/C21H29BCl2N2O5/c1-12(2)7-15(22-30-11-13(3)26-14(4)21(29)31-22)8-17(27)10-25-20(28)18-9-16(23)5-6-19(18)24/h5-6,9,12-15,26H,7-8,10-11H2,1-4H3,(H,25,28)/t13-,14-,15+/m0/s1. The SMILES string of the molecule is CC(C)C[C@H](CC(=O)CNC(=O)c1cc(Cl)ccc1Cl)B1OC[C@H](C)N[C@@H](C)C(=O)O1. The molecular formula is C21H29BCl2N2O5. The number of rotatable bonds is 8. The van der Waals surface area contributed by atoms with Gasteiger partial charge >= 0.3 is 13.1 Å². The van der Waals surface area contributed by atoms with Crippen molar-refractivity contribution in [3.63, 3.8) is 0 Å². The largest absolute Gasteiger partial charge is 0.531 e. The van der Waals surface area contributed by atoms with Gasteiger partial charge in [-0.05, 0) is 44.4 Å². The summed E-state index contributed by atoms with van der Waals surface area (Å²) in [6.07, 6.45) is 0.740. The lowest BCUT2D eigenvalue weighted by molar-refractivity contribution is -0.139. The number of carbonyl (C=O) groups excluding carboxylic acids is 3. The molecule has 1 amide bonds. The summed E-state index contributed by atoms with van der Waals surface area (Å²) >= 11 is 12.0. The molecule has 0 aromatic heterocycles. The molecule has 1 aliphatic rings. The van der Waals surface area contributed by atoms with Gasteiger partial charge in [-0.1, -0.05) is 37.0 Å². The van der Waals surface area contributed by atoms with Crippen molar-refractivity contribution >= 4 is 48.0 Å². The van der Waals surface area contributed by atoms with Crippen molar-refractivity contribution in [1.29, 1.82) is 0 Å². The molecule has 1 aromatic rings. The van der Waals surface area contributed by atoms with Crippen molar-refractivity contribution in [1.82, 2.24) is 10.6 Å². The molecule has 0 saturated carbocycles. The Hall–Kier alpha value is -1.61. The van der Waals surface area contributed by atoms with E-state index in [1.807, 2.05) is 20.8 Å². The van der Waals surface area contributed by atoms with Crippen molar-refractivity contribution in [2.45, 2.75) is 58.4 Å². The third kappa shape index (κ3) is 8.11. The molecule has 10 heteroatoms. The smallest absolute Gasteiger partial charge is 0.508 e. The van der Waals surface area contributed by atoms with Crippen LogP contribution in [0.4, 0.5) is 0 Å². The predicted octanol–water partition coefficient (Wildman–Crippen LogP) is 3.53. The minimum atomic E-state index is -0.816. The summed E-state index contributed by atoms with van der Waals surface area (Å²) in [7, 11) is -0.816. The number of halogens is 2. The number of Topliss-reactive ketones (excluding diaryl/α,β-unsaturated/α-hetero) is 1. The van der Waals surface area contributed by atoms with Gasteiger partial charge in [-0.3, -0.25) is 19.7 Å². The highest BCUT2D eigenvalue weighted by Gasteiger charge is 2.38. The topological polar surface area (TPSA) is 93.7 Å². The monoisotopic (exact) mass is 470 g/mol. The average Bonchev–Trinajstić information content (AvgIpc) is 2.69. The minimum absolute atomic E-state index is 0.0255. The summed E-state index contributed by atoms with van der Waals surface area (Å²) < 4.78 is 11.4. The first-order valence-corrected chi connectivity index (χ1v) is 11.2. The van der Waals surface area contributed by atoms with Gasteiger partial charge in [0.1, 0.15) is 6.04 Å². The van der Waals surface area contributed by atoms with Gasteiger partial charge in [-0.25, -0.2) is 0 Å². The first-order chi connectivity index (χ1) is 14.6. The van der Waals surface area contributed by atoms with Crippen LogP contribution in [0.1, 0.15) is 50.9 Å². The molecular weight excluding hydrogens is 442 g/mol. The Kier molecular flexibility index (Phi) is 9.81. The number of benzene rings is 1. The highest BCUT2D eigenvalue weighted by molar-refractivity contribution is 6.49. The molecule has 1 saturated heterocycles. The fourth-order valence-electron chi connectivity index (χ4n) is 3.47. The fraction of sp³-hybridized carbons (Fsp3) is 0.571.